The Morgan fingerprint density at radius 2 is 1.76 bits per heavy atom. The Kier molecular flexibility index (Phi) is 3.80. The summed E-state index contributed by atoms with van der Waals surface area (Å²) < 4.78 is 41.0. The van der Waals surface area contributed by atoms with E-state index in [-0.39, 0.29) is 6.42 Å². The molecule has 0 aliphatic carbocycles. The van der Waals surface area contributed by atoms with Gasteiger partial charge in [-0.25, -0.2) is 0 Å². The molecule has 0 aliphatic heterocycles. The van der Waals surface area contributed by atoms with E-state index in [2.05, 4.69) is 15.9 Å². The highest BCUT2D eigenvalue weighted by Crippen LogP contribution is 2.36. The van der Waals surface area contributed by atoms with Crippen LogP contribution in [0.15, 0.2) is 53.0 Å². The maximum absolute atomic E-state index is 13.1. The normalized spacial score (nSPS) is 12.0. The summed E-state index contributed by atoms with van der Waals surface area (Å²) in [6, 6.07) is 13.9. The van der Waals surface area contributed by atoms with Crippen molar-refractivity contribution >= 4 is 37.4 Å². The Morgan fingerprint density at radius 3 is 2.48 bits per heavy atom. The molecule has 0 aliphatic rings. The van der Waals surface area contributed by atoms with Crippen molar-refractivity contribution < 1.29 is 13.2 Å². The molecule has 5 heteroatoms. The average Bonchev–Trinajstić information content (AvgIpc) is 2.79. The molecule has 21 heavy (non-hydrogen) atoms. The summed E-state index contributed by atoms with van der Waals surface area (Å²) in [5.74, 6) is 0. The van der Waals surface area contributed by atoms with E-state index in [1.54, 1.807) is 6.07 Å². The zero-order valence-corrected chi connectivity index (χ0v) is 13.1. The second-order valence-electron chi connectivity index (χ2n) is 4.73. The van der Waals surface area contributed by atoms with Crippen molar-refractivity contribution in [3.63, 3.8) is 0 Å². The number of fused-ring (bicyclic) bond motifs is 1. The number of thiophene rings is 1. The minimum absolute atomic E-state index is 0.285. The summed E-state index contributed by atoms with van der Waals surface area (Å²) >= 11 is 4.78. The third-order valence-corrected chi connectivity index (χ3v) is 4.82. The van der Waals surface area contributed by atoms with Gasteiger partial charge in [0.1, 0.15) is 0 Å². The van der Waals surface area contributed by atoms with E-state index < -0.39 is 11.7 Å². The van der Waals surface area contributed by atoms with E-state index in [0.717, 1.165) is 21.0 Å². The maximum atomic E-state index is 13.1. The van der Waals surface area contributed by atoms with Crippen LogP contribution in [0.2, 0.25) is 0 Å². The van der Waals surface area contributed by atoms with Crippen LogP contribution >= 0.6 is 27.3 Å². The third kappa shape index (κ3) is 3.14. The molecule has 0 radical (unpaired) electrons. The van der Waals surface area contributed by atoms with E-state index >= 15 is 0 Å². The summed E-state index contributed by atoms with van der Waals surface area (Å²) in [6.07, 6.45) is -4.04. The number of benzene rings is 2. The Morgan fingerprint density at radius 1 is 1.00 bits per heavy atom. The molecule has 0 bridgehead atoms. The van der Waals surface area contributed by atoms with Crippen LogP contribution in [0.5, 0.6) is 0 Å². The Hall–Kier alpha value is -1.33. The van der Waals surface area contributed by atoms with E-state index in [1.165, 1.54) is 17.4 Å². The Balaban J connectivity index is 2.02. The molecule has 0 unspecified atom stereocenters. The van der Waals surface area contributed by atoms with Gasteiger partial charge in [0.15, 0.2) is 0 Å². The van der Waals surface area contributed by atoms with Crippen LogP contribution in [0.25, 0.3) is 10.1 Å². The third-order valence-electron chi connectivity index (χ3n) is 3.21. The Labute approximate surface area is 132 Å². The fourth-order valence-corrected chi connectivity index (χ4v) is 3.79. The molecular formula is C16H10BrF3S. The molecule has 0 nitrogen and oxygen atoms in total. The molecule has 3 rings (SSSR count). The van der Waals surface area contributed by atoms with Gasteiger partial charge in [-0.1, -0.05) is 34.1 Å². The molecule has 0 fully saturated rings. The van der Waals surface area contributed by atoms with Gasteiger partial charge in [0, 0.05) is 20.5 Å². The number of alkyl halides is 3. The van der Waals surface area contributed by atoms with Crippen LogP contribution in [-0.2, 0) is 12.6 Å². The van der Waals surface area contributed by atoms with Crippen molar-refractivity contribution in [1.29, 1.82) is 0 Å². The molecule has 1 heterocycles. The lowest BCUT2D eigenvalue weighted by Crippen LogP contribution is -2.09. The lowest BCUT2D eigenvalue weighted by molar-refractivity contribution is -0.138. The lowest BCUT2D eigenvalue weighted by Gasteiger charge is -2.12. The largest absolute Gasteiger partial charge is 0.416 e. The molecule has 0 saturated carbocycles. The van der Waals surface area contributed by atoms with Crippen LogP contribution in [-0.4, -0.2) is 0 Å². The minimum atomic E-state index is -4.33. The van der Waals surface area contributed by atoms with Gasteiger partial charge in [0.2, 0.25) is 0 Å². The molecule has 0 saturated heterocycles. The van der Waals surface area contributed by atoms with Gasteiger partial charge in [-0.3, -0.25) is 0 Å². The van der Waals surface area contributed by atoms with E-state index in [1.807, 2.05) is 30.3 Å². The first kappa shape index (κ1) is 14.6. The van der Waals surface area contributed by atoms with Gasteiger partial charge < -0.3 is 0 Å². The highest BCUT2D eigenvalue weighted by atomic mass is 79.9. The van der Waals surface area contributed by atoms with Gasteiger partial charge in [0.25, 0.3) is 0 Å². The van der Waals surface area contributed by atoms with Crippen molar-refractivity contribution in [2.45, 2.75) is 12.6 Å². The van der Waals surface area contributed by atoms with Crippen LogP contribution in [0, 0.1) is 0 Å². The summed E-state index contributed by atoms with van der Waals surface area (Å²) in [5.41, 5.74) is -0.272. The number of hydrogen-bond acceptors (Lipinski definition) is 1. The molecule has 0 atom stereocenters. The van der Waals surface area contributed by atoms with Crippen molar-refractivity contribution in [2.75, 3.05) is 0 Å². The Bertz CT molecular complexity index is 757. The molecular weight excluding hydrogens is 361 g/mol. The van der Waals surface area contributed by atoms with Crippen molar-refractivity contribution in [3.8, 4) is 0 Å². The van der Waals surface area contributed by atoms with Gasteiger partial charge in [-0.2, -0.15) is 13.2 Å². The molecule has 0 spiro atoms. The van der Waals surface area contributed by atoms with Crippen molar-refractivity contribution in [3.05, 3.63) is 69.0 Å². The predicted molar refractivity (Wildman–Crippen MR) is 83.8 cm³/mol. The highest BCUT2D eigenvalue weighted by Gasteiger charge is 2.33. The zero-order valence-electron chi connectivity index (χ0n) is 10.7. The lowest BCUT2D eigenvalue weighted by atomic mass is 10.0. The minimum Gasteiger partial charge on any atom is -0.166 e. The second-order valence-corrected chi connectivity index (χ2v) is 6.81. The molecule has 1 aromatic heterocycles. The number of rotatable bonds is 2. The summed E-state index contributed by atoms with van der Waals surface area (Å²) in [4.78, 5) is 0.930. The molecule has 2 aromatic carbocycles. The highest BCUT2D eigenvalue weighted by molar-refractivity contribution is 9.10. The fourth-order valence-electron chi connectivity index (χ4n) is 2.30. The number of halogens is 4. The first-order valence-corrected chi connectivity index (χ1v) is 7.87. The quantitative estimate of drug-likeness (QED) is 0.498. The zero-order chi connectivity index (χ0) is 15.0. The van der Waals surface area contributed by atoms with Crippen molar-refractivity contribution in [1.82, 2.24) is 0 Å². The van der Waals surface area contributed by atoms with Gasteiger partial charge >= 0.3 is 6.18 Å². The first-order valence-electron chi connectivity index (χ1n) is 6.26. The molecule has 3 aromatic rings. The number of hydrogen-bond donors (Lipinski definition) is 0. The molecule has 108 valence electrons. The van der Waals surface area contributed by atoms with Gasteiger partial charge in [0.05, 0.1) is 5.56 Å². The smallest absolute Gasteiger partial charge is 0.166 e. The topological polar surface area (TPSA) is 0 Å². The van der Waals surface area contributed by atoms with E-state index in [4.69, 9.17) is 0 Å². The van der Waals surface area contributed by atoms with Gasteiger partial charge in [-0.05, 0) is 41.3 Å². The SMILES string of the molecule is FC(F)(F)c1ccc(Br)cc1Cc1cc2ccccc2s1. The van der Waals surface area contributed by atoms with Gasteiger partial charge in [-0.15, -0.1) is 11.3 Å². The summed E-state index contributed by atoms with van der Waals surface area (Å²) in [7, 11) is 0. The van der Waals surface area contributed by atoms with E-state index in [0.29, 0.717) is 10.0 Å². The predicted octanol–water partition coefficient (Wildman–Crippen LogP) is 6.27. The fraction of sp³-hybridized carbons (Fsp3) is 0.125. The van der Waals surface area contributed by atoms with Crippen LogP contribution in [0.1, 0.15) is 16.0 Å². The maximum Gasteiger partial charge on any atom is 0.416 e. The van der Waals surface area contributed by atoms with Crippen LogP contribution in [0.3, 0.4) is 0 Å². The molecule has 0 amide bonds. The van der Waals surface area contributed by atoms with Crippen LogP contribution in [0.4, 0.5) is 13.2 Å². The standard InChI is InChI=1S/C16H10BrF3S/c17-12-5-6-14(16(18,19)20)11(7-12)9-13-8-10-3-1-2-4-15(10)21-13/h1-8H,9H2. The monoisotopic (exact) mass is 370 g/mol. The average molecular weight is 371 g/mol. The van der Waals surface area contributed by atoms with Crippen LogP contribution < -0.4 is 0 Å². The van der Waals surface area contributed by atoms with E-state index in [9.17, 15) is 13.2 Å². The first-order chi connectivity index (χ1) is 9.93. The van der Waals surface area contributed by atoms with Crippen molar-refractivity contribution in [2.24, 2.45) is 0 Å². The summed E-state index contributed by atoms with van der Waals surface area (Å²) in [6.45, 7) is 0. The molecule has 0 N–H and O–H groups in total. The second kappa shape index (κ2) is 5.46. The summed E-state index contributed by atoms with van der Waals surface area (Å²) in [5, 5.41) is 1.07.